The van der Waals surface area contributed by atoms with Crippen LogP contribution in [0, 0.1) is 0 Å². The van der Waals surface area contributed by atoms with Gasteiger partial charge in [0.15, 0.2) is 6.73 Å². The summed E-state index contributed by atoms with van der Waals surface area (Å²) in [6.45, 7) is 4.42. The molecule has 2 rings (SSSR count). The molecule has 92 valence electrons. The van der Waals surface area contributed by atoms with E-state index in [1.165, 1.54) is 12.8 Å². The average Bonchev–Trinajstić information content (AvgIpc) is 2.85. The van der Waals surface area contributed by atoms with Crippen molar-refractivity contribution in [1.82, 2.24) is 5.32 Å². The van der Waals surface area contributed by atoms with E-state index in [1.807, 2.05) is 35.3 Å². The molecule has 0 saturated heterocycles. The second kappa shape index (κ2) is 6.25. The fourth-order valence-corrected chi connectivity index (χ4v) is 1.64. The van der Waals surface area contributed by atoms with Gasteiger partial charge in [-0.15, -0.1) is 5.10 Å². The van der Waals surface area contributed by atoms with E-state index in [0.717, 1.165) is 18.1 Å². The molecule has 0 bridgehead atoms. The first-order valence-electron chi connectivity index (χ1n) is 6.13. The van der Waals surface area contributed by atoms with E-state index in [0.29, 0.717) is 13.3 Å². The molecule has 17 heavy (non-hydrogen) atoms. The normalized spacial score (nSPS) is 14.6. The Hall–Kier alpha value is -1.55. The van der Waals surface area contributed by atoms with Crippen LogP contribution in [0.5, 0.6) is 0 Å². The van der Waals surface area contributed by atoms with Crippen molar-refractivity contribution in [1.29, 1.82) is 0 Å². The molecule has 1 aromatic carbocycles. The molecule has 0 aliphatic carbocycles. The van der Waals surface area contributed by atoms with Gasteiger partial charge < -0.3 is 10.1 Å². The molecule has 0 atom stereocenters. The van der Waals surface area contributed by atoms with E-state index in [9.17, 15) is 0 Å². The number of anilines is 1. The predicted octanol–water partition coefficient (Wildman–Crippen LogP) is 2.18. The molecule has 1 aliphatic heterocycles. The van der Waals surface area contributed by atoms with Crippen LogP contribution in [0.4, 0.5) is 5.69 Å². The van der Waals surface area contributed by atoms with Gasteiger partial charge in [-0.1, -0.05) is 31.5 Å². The summed E-state index contributed by atoms with van der Waals surface area (Å²) in [5, 5.41) is 9.61. The summed E-state index contributed by atoms with van der Waals surface area (Å²) in [7, 11) is 0. The van der Waals surface area contributed by atoms with E-state index in [2.05, 4.69) is 17.3 Å². The van der Waals surface area contributed by atoms with E-state index in [4.69, 9.17) is 4.74 Å². The third kappa shape index (κ3) is 3.46. The summed E-state index contributed by atoms with van der Waals surface area (Å²) in [4.78, 5) is 0. The Morgan fingerprint density at radius 3 is 2.94 bits per heavy atom. The van der Waals surface area contributed by atoms with Crippen LogP contribution in [0.15, 0.2) is 35.4 Å². The second-order valence-electron chi connectivity index (χ2n) is 4.03. The minimum absolute atomic E-state index is 0.509. The van der Waals surface area contributed by atoms with Crippen molar-refractivity contribution in [2.45, 2.75) is 19.8 Å². The van der Waals surface area contributed by atoms with Gasteiger partial charge in [0.1, 0.15) is 0 Å². The standard InChI is InChI=1S/C13H19N3O/c1-2-3-9-14-10-13-15-16(11-17-13)12-7-5-4-6-8-12/h4-8,14H,2-3,9-11H2,1H3. The first kappa shape index (κ1) is 11.9. The van der Waals surface area contributed by atoms with Crippen molar-refractivity contribution in [2.75, 3.05) is 24.8 Å². The van der Waals surface area contributed by atoms with Crippen molar-refractivity contribution in [3.63, 3.8) is 0 Å². The van der Waals surface area contributed by atoms with E-state index in [1.54, 1.807) is 0 Å². The molecule has 4 nitrogen and oxygen atoms in total. The molecule has 0 radical (unpaired) electrons. The van der Waals surface area contributed by atoms with Crippen molar-refractivity contribution < 1.29 is 4.74 Å². The number of ether oxygens (including phenoxy) is 1. The van der Waals surface area contributed by atoms with Crippen LogP contribution in [0.25, 0.3) is 0 Å². The first-order chi connectivity index (χ1) is 8.40. The Bertz CT molecular complexity index is 364. The lowest BCUT2D eigenvalue weighted by molar-refractivity contribution is 0.329. The van der Waals surface area contributed by atoms with Gasteiger partial charge in [0, 0.05) is 0 Å². The van der Waals surface area contributed by atoms with Gasteiger partial charge in [-0.2, -0.15) is 0 Å². The zero-order valence-corrected chi connectivity index (χ0v) is 10.2. The SMILES string of the molecule is CCCCNCC1=NN(c2ccccc2)CO1. The third-order valence-corrected chi connectivity index (χ3v) is 2.62. The summed E-state index contributed by atoms with van der Waals surface area (Å²) in [5.41, 5.74) is 1.07. The minimum atomic E-state index is 0.509. The number of benzene rings is 1. The molecule has 0 unspecified atom stereocenters. The highest BCUT2D eigenvalue weighted by Gasteiger charge is 2.15. The lowest BCUT2D eigenvalue weighted by Gasteiger charge is -2.09. The van der Waals surface area contributed by atoms with Gasteiger partial charge in [0.25, 0.3) is 0 Å². The quantitative estimate of drug-likeness (QED) is 0.765. The Morgan fingerprint density at radius 2 is 2.18 bits per heavy atom. The van der Waals surface area contributed by atoms with Gasteiger partial charge in [0.05, 0.1) is 12.2 Å². The topological polar surface area (TPSA) is 36.9 Å². The Balaban J connectivity index is 1.82. The monoisotopic (exact) mass is 233 g/mol. The number of nitrogens with zero attached hydrogens (tertiary/aromatic N) is 2. The van der Waals surface area contributed by atoms with Crippen LogP contribution >= 0.6 is 0 Å². The summed E-state index contributed by atoms with van der Waals surface area (Å²) in [5.74, 6) is 0.768. The number of unbranched alkanes of at least 4 members (excludes halogenated alkanes) is 1. The molecule has 4 heteroatoms. The largest absolute Gasteiger partial charge is 0.455 e. The number of nitrogens with one attached hydrogen (secondary N) is 1. The fourth-order valence-electron chi connectivity index (χ4n) is 1.64. The molecule has 0 fully saturated rings. The van der Waals surface area contributed by atoms with Crippen LogP contribution in [0.3, 0.4) is 0 Å². The second-order valence-corrected chi connectivity index (χ2v) is 4.03. The van der Waals surface area contributed by atoms with Gasteiger partial charge in [-0.3, -0.25) is 0 Å². The molecule has 1 N–H and O–H groups in total. The van der Waals surface area contributed by atoms with Crippen molar-refractivity contribution in [3.8, 4) is 0 Å². The van der Waals surface area contributed by atoms with Gasteiger partial charge in [0.2, 0.25) is 5.90 Å². The number of hydrogen-bond donors (Lipinski definition) is 1. The smallest absolute Gasteiger partial charge is 0.222 e. The third-order valence-electron chi connectivity index (χ3n) is 2.62. The Labute approximate surface area is 102 Å². The molecule has 0 saturated carbocycles. The van der Waals surface area contributed by atoms with Crippen molar-refractivity contribution in [2.24, 2.45) is 5.10 Å². The first-order valence-corrected chi connectivity index (χ1v) is 6.13. The van der Waals surface area contributed by atoms with Crippen LogP contribution < -0.4 is 10.3 Å². The lowest BCUT2D eigenvalue weighted by Crippen LogP contribution is -2.23. The summed E-state index contributed by atoms with van der Waals surface area (Å²) < 4.78 is 5.51. The zero-order valence-electron chi connectivity index (χ0n) is 10.2. The maximum absolute atomic E-state index is 5.51. The van der Waals surface area contributed by atoms with Crippen LogP contribution in [-0.2, 0) is 4.74 Å². The fraction of sp³-hybridized carbons (Fsp3) is 0.462. The van der Waals surface area contributed by atoms with E-state index < -0.39 is 0 Å². The average molecular weight is 233 g/mol. The Morgan fingerprint density at radius 1 is 1.35 bits per heavy atom. The molecule has 0 amide bonds. The molecular formula is C13H19N3O. The molecule has 1 aliphatic rings. The highest BCUT2D eigenvalue weighted by Crippen LogP contribution is 2.16. The van der Waals surface area contributed by atoms with Crippen molar-refractivity contribution >= 4 is 11.6 Å². The predicted molar refractivity (Wildman–Crippen MR) is 70.1 cm³/mol. The zero-order chi connectivity index (χ0) is 11.9. The molecule has 0 aromatic heterocycles. The van der Waals surface area contributed by atoms with Crippen molar-refractivity contribution in [3.05, 3.63) is 30.3 Å². The highest BCUT2D eigenvalue weighted by molar-refractivity contribution is 5.81. The molecule has 1 aromatic rings. The minimum Gasteiger partial charge on any atom is -0.455 e. The summed E-state index contributed by atoms with van der Waals surface area (Å²) >= 11 is 0. The maximum atomic E-state index is 5.51. The van der Waals surface area contributed by atoms with Gasteiger partial charge in [-0.05, 0) is 25.1 Å². The number of para-hydroxylation sites is 1. The number of hydrogen-bond acceptors (Lipinski definition) is 4. The van der Waals surface area contributed by atoms with E-state index >= 15 is 0 Å². The number of rotatable bonds is 6. The number of hydrazone groups is 1. The maximum Gasteiger partial charge on any atom is 0.222 e. The van der Waals surface area contributed by atoms with Crippen LogP contribution in [0.1, 0.15) is 19.8 Å². The van der Waals surface area contributed by atoms with Crippen LogP contribution in [0.2, 0.25) is 0 Å². The molecular weight excluding hydrogens is 214 g/mol. The van der Waals surface area contributed by atoms with Gasteiger partial charge >= 0.3 is 0 Å². The summed E-state index contributed by atoms with van der Waals surface area (Å²) in [6.07, 6.45) is 2.39. The van der Waals surface area contributed by atoms with E-state index in [-0.39, 0.29) is 0 Å². The van der Waals surface area contributed by atoms with Gasteiger partial charge in [-0.25, -0.2) is 5.01 Å². The Kier molecular flexibility index (Phi) is 4.38. The van der Waals surface area contributed by atoms with Crippen LogP contribution in [-0.4, -0.2) is 25.7 Å². The lowest BCUT2D eigenvalue weighted by atomic mass is 10.3. The highest BCUT2D eigenvalue weighted by atomic mass is 16.5. The summed E-state index contributed by atoms with van der Waals surface area (Å²) in [6, 6.07) is 10.1. The molecule has 0 spiro atoms. The molecule has 1 heterocycles.